The Morgan fingerprint density at radius 3 is 2.42 bits per heavy atom. The molecule has 140 valence electrons. The number of hydrogen-bond acceptors (Lipinski definition) is 4. The van der Waals surface area contributed by atoms with Crippen LogP contribution in [0.5, 0.6) is 5.75 Å². The molecule has 0 bridgehead atoms. The SMILES string of the molecule is CN(C)CCCOc1ccc(CNC(=O)C(N)Cc2ccccc2)cc1. The van der Waals surface area contributed by atoms with Crippen LogP contribution in [0.15, 0.2) is 54.6 Å². The lowest BCUT2D eigenvalue weighted by molar-refractivity contribution is -0.122. The van der Waals surface area contributed by atoms with E-state index >= 15 is 0 Å². The van der Waals surface area contributed by atoms with Crippen LogP contribution in [-0.2, 0) is 17.8 Å². The van der Waals surface area contributed by atoms with Crippen molar-refractivity contribution in [2.75, 3.05) is 27.2 Å². The van der Waals surface area contributed by atoms with Crippen LogP contribution >= 0.6 is 0 Å². The first-order valence-electron chi connectivity index (χ1n) is 8.98. The summed E-state index contributed by atoms with van der Waals surface area (Å²) in [5.41, 5.74) is 8.07. The van der Waals surface area contributed by atoms with Crippen LogP contribution in [0, 0.1) is 0 Å². The second-order valence-electron chi connectivity index (χ2n) is 6.66. The van der Waals surface area contributed by atoms with Gasteiger partial charge in [0.1, 0.15) is 5.75 Å². The molecule has 0 radical (unpaired) electrons. The van der Waals surface area contributed by atoms with Crippen LogP contribution in [0.25, 0.3) is 0 Å². The molecule has 1 amide bonds. The Hall–Kier alpha value is -2.37. The van der Waals surface area contributed by atoms with Crippen molar-refractivity contribution >= 4 is 5.91 Å². The van der Waals surface area contributed by atoms with Gasteiger partial charge in [-0.25, -0.2) is 0 Å². The highest BCUT2D eigenvalue weighted by Crippen LogP contribution is 2.12. The third kappa shape index (κ3) is 7.25. The van der Waals surface area contributed by atoms with Crippen molar-refractivity contribution in [2.24, 2.45) is 5.73 Å². The maximum atomic E-state index is 12.2. The van der Waals surface area contributed by atoms with Gasteiger partial charge in [-0.3, -0.25) is 4.79 Å². The summed E-state index contributed by atoms with van der Waals surface area (Å²) in [7, 11) is 4.10. The van der Waals surface area contributed by atoms with Gasteiger partial charge >= 0.3 is 0 Å². The van der Waals surface area contributed by atoms with Crippen molar-refractivity contribution in [3.63, 3.8) is 0 Å². The summed E-state index contributed by atoms with van der Waals surface area (Å²) in [4.78, 5) is 14.3. The average molecular weight is 355 g/mol. The highest BCUT2D eigenvalue weighted by molar-refractivity contribution is 5.81. The molecular weight excluding hydrogens is 326 g/mol. The number of nitrogens with zero attached hydrogens (tertiary/aromatic N) is 1. The first-order chi connectivity index (χ1) is 12.5. The van der Waals surface area contributed by atoms with Gasteiger partial charge in [0.2, 0.25) is 5.91 Å². The fourth-order valence-electron chi connectivity index (χ4n) is 2.56. The van der Waals surface area contributed by atoms with Crippen molar-refractivity contribution in [1.29, 1.82) is 0 Å². The molecule has 0 aliphatic rings. The van der Waals surface area contributed by atoms with Gasteiger partial charge in [-0.2, -0.15) is 0 Å². The molecule has 0 aromatic heterocycles. The number of nitrogens with two attached hydrogens (primary N) is 1. The Bertz CT molecular complexity index is 657. The molecule has 0 fully saturated rings. The molecule has 3 N–H and O–H groups in total. The monoisotopic (exact) mass is 355 g/mol. The molecule has 0 heterocycles. The topological polar surface area (TPSA) is 67.6 Å². The smallest absolute Gasteiger partial charge is 0.237 e. The summed E-state index contributed by atoms with van der Waals surface area (Å²) >= 11 is 0. The zero-order valence-electron chi connectivity index (χ0n) is 15.7. The molecular formula is C21H29N3O2. The summed E-state index contributed by atoms with van der Waals surface area (Å²) < 4.78 is 5.71. The third-order valence-electron chi connectivity index (χ3n) is 4.04. The number of nitrogens with one attached hydrogen (secondary N) is 1. The Balaban J connectivity index is 1.72. The van der Waals surface area contributed by atoms with Crippen LogP contribution in [-0.4, -0.2) is 44.1 Å². The van der Waals surface area contributed by atoms with E-state index in [2.05, 4.69) is 24.3 Å². The van der Waals surface area contributed by atoms with Gasteiger partial charge in [0.25, 0.3) is 0 Å². The zero-order valence-corrected chi connectivity index (χ0v) is 15.7. The van der Waals surface area contributed by atoms with Gasteiger partial charge in [-0.15, -0.1) is 0 Å². The molecule has 1 unspecified atom stereocenters. The number of benzene rings is 2. The van der Waals surface area contributed by atoms with E-state index in [1.165, 1.54) is 0 Å². The van der Waals surface area contributed by atoms with Crippen LogP contribution in [0.1, 0.15) is 17.5 Å². The average Bonchev–Trinajstić information content (AvgIpc) is 2.65. The number of carbonyl (C=O) groups is 1. The van der Waals surface area contributed by atoms with Crippen molar-refractivity contribution in [1.82, 2.24) is 10.2 Å². The molecule has 1 atom stereocenters. The molecule has 2 aromatic rings. The fourth-order valence-corrected chi connectivity index (χ4v) is 2.56. The Labute approximate surface area is 156 Å². The van der Waals surface area contributed by atoms with E-state index < -0.39 is 6.04 Å². The fraction of sp³-hybridized carbons (Fsp3) is 0.381. The normalized spacial score (nSPS) is 12.0. The highest BCUT2D eigenvalue weighted by atomic mass is 16.5. The highest BCUT2D eigenvalue weighted by Gasteiger charge is 2.13. The first-order valence-corrected chi connectivity index (χ1v) is 8.98. The molecule has 0 saturated heterocycles. The van der Waals surface area contributed by atoms with E-state index in [1.807, 2.05) is 54.6 Å². The van der Waals surface area contributed by atoms with E-state index in [4.69, 9.17) is 10.5 Å². The van der Waals surface area contributed by atoms with Gasteiger partial charge < -0.3 is 20.7 Å². The second kappa shape index (κ2) is 10.6. The van der Waals surface area contributed by atoms with E-state index in [1.54, 1.807) is 0 Å². The second-order valence-corrected chi connectivity index (χ2v) is 6.66. The molecule has 2 rings (SSSR count). The maximum Gasteiger partial charge on any atom is 0.237 e. The number of amides is 1. The van der Waals surface area contributed by atoms with Crippen LogP contribution in [0.4, 0.5) is 0 Å². The minimum atomic E-state index is -0.545. The van der Waals surface area contributed by atoms with Crippen molar-refractivity contribution in [2.45, 2.75) is 25.4 Å². The number of rotatable bonds is 10. The standard InChI is InChI=1S/C21H29N3O2/c1-24(2)13-6-14-26-19-11-9-18(10-12-19)16-23-21(25)20(22)15-17-7-4-3-5-8-17/h3-5,7-12,20H,6,13-16,22H2,1-2H3,(H,23,25). The Morgan fingerprint density at radius 1 is 1.08 bits per heavy atom. The molecule has 5 nitrogen and oxygen atoms in total. The summed E-state index contributed by atoms with van der Waals surface area (Å²) in [5.74, 6) is 0.706. The molecule has 0 spiro atoms. The largest absolute Gasteiger partial charge is 0.494 e. The van der Waals surface area contributed by atoms with Crippen molar-refractivity contribution < 1.29 is 9.53 Å². The molecule has 26 heavy (non-hydrogen) atoms. The Kier molecular flexibility index (Phi) is 8.12. The minimum absolute atomic E-state index is 0.141. The first kappa shape index (κ1) is 19.9. The lowest BCUT2D eigenvalue weighted by Crippen LogP contribution is -2.41. The lowest BCUT2D eigenvalue weighted by atomic mass is 10.1. The van der Waals surface area contributed by atoms with E-state index in [-0.39, 0.29) is 5.91 Å². The molecule has 0 aliphatic heterocycles. The van der Waals surface area contributed by atoms with Gasteiger partial charge in [0.05, 0.1) is 12.6 Å². The predicted octanol–water partition coefficient (Wildman–Crippen LogP) is 2.20. The van der Waals surface area contributed by atoms with Crippen molar-refractivity contribution in [3.8, 4) is 5.75 Å². The van der Waals surface area contributed by atoms with E-state index in [0.717, 1.165) is 29.8 Å². The van der Waals surface area contributed by atoms with E-state index in [9.17, 15) is 4.79 Å². The summed E-state index contributed by atoms with van der Waals surface area (Å²) in [6.45, 7) is 2.16. The number of ether oxygens (including phenoxy) is 1. The molecule has 0 aliphatic carbocycles. The third-order valence-corrected chi connectivity index (χ3v) is 4.04. The summed E-state index contributed by atoms with van der Waals surface area (Å²) in [6, 6.07) is 17.0. The van der Waals surface area contributed by atoms with Crippen LogP contribution in [0.2, 0.25) is 0 Å². The predicted molar refractivity (Wildman–Crippen MR) is 105 cm³/mol. The molecule has 0 saturated carbocycles. The Morgan fingerprint density at radius 2 is 1.77 bits per heavy atom. The minimum Gasteiger partial charge on any atom is -0.494 e. The quantitative estimate of drug-likeness (QED) is 0.641. The summed E-state index contributed by atoms with van der Waals surface area (Å²) in [5, 5.41) is 2.89. The molecule has 2 aromatic carbocycles. The zero-order chi connectivity index (χ0) is 18.8. The van der Waals surface area contributed by atoms with E-state index in [0.29, 0.717) is 19.6 Å². The van der Waals surface area contributed by atoms with Crippen LogP contribution in [0.3, 0.4) is 0 Å². The lowest BCUT2D eigenvalue weighted by Gasteiger charge is -2.13. The van der Waals surface area contributed by atoms with Crippen LogP contribution < -0.4 is 15.8 Å². The van der Waals surface area contributed by atoms with Gasteiger partial charge in [-0.1, -0.05) is 42.5 Å². The number of carbonyl (C=O) groups excluding carboxylic acids is 1. The van der Waals surface area contributed by atoms with Gasteiger partial charge in [-0.05, 0) is 50.2 Å². The maximum absolute atomic E-state index is 12.2. The summed E-state index contributed by atoms with van der Waals surface area (Å²) in [6.07, 6.45) is 1.52. The number of hydrogen-bond donors (Lipinski definition) is 2. The van der Waals surface area contributed by atoms with Gasteiger partial charge in [0, 0.05) is 13.1 Å². The van der Waals surface area contributed by atoms with Crippen molar-refractivity contribution in [3.05, 3.63) is 65.7 Å². The van der Waals surface area contributed by atoms with Gasteiger partial charge in [0.15, 0.2) is 0 Å². The molecule has 5 heteroatoms.